The monoisotopic (exact) mass is 326 g/mol. The van der Waals surface area contributed by atoms with E-state index in [1.54, 1.807) is 37.3 Å². The molecule has 1 heterocycles. The zero-order valence-corrected chi connectivity index (χ0v) is 13.0. The van der Waals surface area contributed by atoms with Crippen LogP contribution in [0.5, 0.6) is 0 Å². The van der Waals surface area contributed by atoms with E-state index in [2.05, 4.69) is 0 Å². The average molecular weight is 326 g/mol. The van der Waals surface area contributed by atoms with E-state index in [1.165, 1.54) is 23.1 Å². The maximum absolute atomic E-state index is 13.5. The fourth-order valence-electron chi connectivity index (χ4n) is 2.65. The molecule has 3 rings (SSSR count). The lowest BCUT2D eigenvalue weighted by Gasteiger charge is -2.26. The van der Waals surface area contributed by atoms with E-state index in [1.807, 2.05) is 0 Å². The Hall–Kier alpha value is -3.02. The number of hydrogen-bond donors (Lipinski definition) is 0. The van der Waals surface area contributed by atoms with Gasteiger partial charge in [-0.15, -0.1) is 0 Å². The van der Waals surface area contributed by atoms with Gasteiger partial charge in [0, 0.05) is 12.1 Å². The number of imide groups is 1. The molecule has 2 aromatic carbocycles. The molecule has 0 N–H and O–H groups in total. The van der Waals surface area contributed by atoms with Gasteiger partial charge < -0.3 is 0 Å². The highest BCUT2D eigenvalue weighted by molar-refractivity contribution is 6.21. The molecule has 0 saturated carbocycles. The van der Waals surface area contributed by atoms with Crippen molar-refractivity contribution in [3.8, 4) is 0 Å². The van der Waals surface area contributed by atoms with E-state index >= 15 is 0 Å². The average Bonchev–Trinajstić information content (AvgIpc) is 2.83. The maximum atomic E-state index is 13.5. The van der Waals surface area contributed by atoms with Crippen LogP contribution >= 0.6 is 0 Å². The summed E-state index contributed by atoms with van der Waals surface area (Å²) in [5.41, 5.74) is 0.926. The maximum Gasteiger partial charge on any atom is 0.263 e. The van der Waals surface area contributed by atoms with Crippen LogP contribution in [-0.2, 0) is 4.79 Å². The van der Waals surface area contributed by atoms with Crippen LogP contribution in [0.25, 0.3) is 0 Å². The Balaban J connectivity index is 1.93. The van der Waals surface area contributed by atoms with E-state index in [-0.39, 0.29) is 19.0 Å². The third-order valence-corrected chi connectivity index (χ3v) is 3.88. The van der Waals surface area contributed by atoms with Gasteiger partial charge in [0.25, 0.3) is 11.8 Å². The van der Waals surface area contributed by atoms with Crippen LogP contribution in [0, 0.1) is 5.82 Å². The van der Waals surface area contributed by atoms with Crippen molar-refractivity contribution in [2.45, 2.75) is 13.3 Å². The van der Waals surface area contributed by atoms with Crippen molar-refractivity contribution in [3.63, 3.8) is 0 Å². The summed E-state index contributed by atoms with van der Waals surface area (Å²) in [6, 6.07) is 12.0. The lowest BCUT2D eigenvalue weighted by molar-refractivity contribution is -0.118. The molecular formula is C18H15FN2O3. The number of hydrogen-bond acceptors (Lipinski definition) is 3. The van der Waals surface area contributed by atoms with Crippen LogP contribution in [0.2, 0.25) is 0 Å². The molecule has 1 aliphatic heterocycles. The number of carbonyl (C=O) groups excluding carboxylic acids is 3. The predicted octanol–water partition coefficient (Wildman–Crippen LogP) is 2.82. The minimum Gasteiger partial charge on any atom is -0.293 e. The summed E-state index contributed by atoms with van der Waals surface area (Å²) in [5, 5.41) is 0. The molecule has 0 spiro atoms. The van der Waals surface area contributed by atoms with Gasteiger partial charge in [0.2, 0.25) is 5.91 Å². The molecule has 0 saturated heterocycles. The second kappa shape index (κ2) is 6.23. The van der Waals surface area contributed by atoms with Gasteiger partial charge in [-0.2, -0.15) is 0 Å². The van der Waals surface area contributed by atoms with Gasteiger partial charge in [0.15, 0.2) is 0 Å². The molecule has 2 aromatic rings. The van der Waals surface area contributed by atoms with Gasteiger partial charge in [-0.3, -0.25) is 24.2 Å². The Bertz CT molecular complexity index is 800. The number of benzene rings is 2. The third-order valence-electron chi connectivity index (χ3n) is 3.88. The molecule has 0 bridgehead atoms. The molecular weight excluding hydrogens is 311 g/mol. The summed E-state index contributed by atoms with van der Waals surface area (Å²) in [6.45, 7) is 1.42. The summed E-state index contributed by atoms with van der Waals surface area (Å²) < 4.78 is 13.5. The van der Waals surface area contributed by atoms with Gasteiger partial charge in [0.1, 0.15) is 12.5 Å². The largest absolute Gasteiger partial charge is 0.293 e. The molecule has 0 atom stereocenters. The highest BCUT2D eigenvalue weighted by atomic mass is 19.1. The van der Waals surface area contributed by atoms with Crippen molar-refractivity contribution in [2.75, 3.05) is 11.6 Å². The number of fused-ring (bicyclic) bond motifs is 1. The highest BCUT2D eigenvalue weighted by Gasteiger charge is 2.37. The van der Waals surface area contributed by atoms with E-state index in [9.17, 15) is 18.8 Å². The fraction of sp³-hybridized carbons (Fsp3) is 0.167. The lowest BCUT2D eigenvalue weighted by atomic mass is 10.1. The molecule has 0 fully saturated rings. The van der Waals surface area contributed by atoms with Gasteiger partial charge in [0.05, 0.1) is 11.1 Å². The van der Waals surface area contributed by atoms with Crippen LogP contribution in [0.1, 0.15) is 34.1 Å². The van der Waals surface area contributed by atoms with Gasteiger partial charge in [-0.05, 0) is 30.3 Å². The SMILES string of the molecule is CCC(=O)N(CN1C(=O)c2ccccc2C1=O)c1cccc(F)c1. The van der Waals surface area contributed by atoms with Crippen molar-refractivity contribution in [3.05, 3.63) is 65.5 Å². The normalized spacial score (nSPS) is 13.2. The first-order valence-electron chi connectivity index (χ1n) is 7.54. The van der Waals surface area contributed by atoms with Crippen LogP contribution in [0.4, 0.5) is 10.1 Å². The van der Waals surface area contributed by atoms with Crippen molar-refractivity contribution in [1.29, 1.82) is 0 Å². The Kier molecular flexibility index (Phi) is 4.12. The third kappa shape index (κ3) is 2.67. The Morgan fingerprint density at radius 3 is 2.21 bits per heavy atom. The van der Waals surface area contributed by atoms with Crippen molar-refractivity contribution in [2.24, 2.45) is 0 Å². The minimum absolute atomic E-state index is 0.166. The van der Waals surface area contributed by atoms with Crippen LogP contribution in [0.15, 0.2) is 48.5 Å². The van der Waals surface area contributed by atoms with Crippen molar-refractivity contribution < 1.29 is 18.8 Å². The van der Waals surface area contributed by atoms with E-state index in [0.717, 1.165) is 4.90 Å². The smallest absolute Gasteiger partial charge is 0.263 e. The minimum atomic E-state index is -0.497. The Labute approximate surface area is 138 Å². The highest BCUT2D eigenvalue weighted by Crippen LogP contribution is 2.25. The fourth-order valence-corrected chi connectivity index (χ4v) is 2.65. The Morgan fingerprint density at radius 2 is 1.67 bits per heavy atom. The standard InChI is InChI=1S/C18H15FN2O3/c1-2-16(22)20(13-7-5-6-12(19)10-13)11-21-17(23)14-8-3-4-9-15(14)18(21)24/h3-10H,2,11H2,1H3. The molecule has 6 heteroatoms. The second-order valence-corrected chi connectivity index (χ2v) is 5.38. The molecule has 0 radical (unpaired) electrons. The molecule has 0 aromatic heterocycles. The summed E-state index contributed by atoms with van der Waals surface area (Å²) in [5.74, 6) is -1.72. The number of nitrogens with zero attached hydrogens (tertiary/aromatic N) is 2. The lowest BCUT2D eigenvalue weighted by Crippen LogP contribution is -2.44. The molecule has 24 heavy (non-hydrogen) atoms. The number of carbonyl (C=O) groups is 3. The molecule has 0 unspecified atom stereocenters. The summed E-state index contributed by atoms with van der Waals surface area (Å²) in [4.78, 5) is 39.4. The Morgan fingerprint density at radius 1 is 1.04 bits per heavy atom. The molecule has 1 aliphatic rings. The number of amides is 3. The van der Waals surface area contributed by atoms with Crippen molar-refractivity contribution in [1.82, 2.24) is 4.90 Å². The van der Waals surface area contributed by atoms with E-state index < -0.39 is 17.6 Å². The van der Waals surface area contributed by atoms with Crippen LogP contribution < -0.4 is 4.90 Å². The zero-order valence-electron chi connectivity index (χ0n) is 13.0. The molecule has 5 nitrogen and oxygen atoms in total. The van der Waals surface area contributed by atoms with Crippen LogP contribution in [-0.4, -0.2) is 29.3 Å². The van der Waals surface area contributed by atoms with Gasteiger partial charge in [-0.25, -0.2) is 4.39 Å². The second-order valence-electron chi connectivity index (χ2n) is 5.38. The number of rotatable bonds is 4. The molecule has 3 amide bonds. The summed E-state index contributed by atoms with van der Waals surface area (Å²) >= 11 is 0. The first-order valence-corrected chi connectivity index (χ1v) is 7.54. The zero-order chi connectivity index (χ0) is 17.3. The predicted molar refractivity (Wildman–Crippen MR) is 86.0 cm³/mol. The topological polar surface area (TPSA) is 57.7 Å². The summed E-state index contributed by atoms with van der Waals surface area (Å²) in [7, 11) is 0. The van der Waals surface area contributed by atoms with Gasteiger partial charge >= 0.3 is 0 Å². The first kappa shape index (κ1) is 15.9. The van der Waals surface area contributed by atoms with Crippen LogP contribution in [0.3, 0.4) is 0 Å². The number of halogens is 1. The van der Waals surface area contributed by atoms with Gasteiger partial charge in [-0.1, -0.05) is 25.1 Å². The van der Waals surface area contributed by atoms with E-state index in [4.69, 9.17) is 0 Å². The van der Waals surface area contributed by atoms with Crippen molar-refractivity contribution >= 4 is 23.4 Å². The van der Waals surface area contributed by atoms with E-state index in [0.29, 0.717) is 16.8 Å². The first-order chi connectivity index (χ1) is 11.5. The number of anilines is 1. The molecule has 0 aliphatic carbocycles. The quantitative estimate of drug-likeness (QED) is 0.812. The molecule has 122 valence electrons. The summed E-state index contributed by atoms with van der Waals surface area (Å²) in [6.07, 6.45) is 0.166.